The number of nitrogens with two attached hydrogens (primary N) is 1. The molecule has 0 radical (unpaired) electrons. The van der Waals surface area contributed by atoms with Gasteiger partial charge < -0.3 is 15.2 Å². The lowest BCUT2D eigenvalue weighted by molar-refractivity contribution is -0.121. The Hall–Kier alpha value is -3.33. The van der Waals surface area contributed by atoms with Crippen molar-refractivity contribution in [2.45, 2.75) is 25.5 Å². The topological polar surface area (TPSA) is 107 Å². The van der Waals surface area contributed by atoms with Gasteiger partial charge in [0.1, 0.15) is 16.7 Å². The summed E-state index contributed by atoms with van der Waals surface area (Å²) in [4.78, 5) is 26.4. The van der Waals surface area contributed by atoms with E-state index in [1.165, 1.54) is 4.90 Å². The SMILES string of the molecule is CCOc1ccc(N2C(=O)CC(S/C(N)=N/N=C(\C)c3ccc(OC)cc3)C2=O)cc1. The molecule has 1 heterocycles. The van der Waals surface area contributed by atoms with Gasteiger partial charge in [-0.2, -0.15) is 5.10 Å². The van der Waals surface area contributed by atoms with Crippen LogP contribution >= 0.6 is 11.8 Å². The fourth-order valence-corrected chi connectivity index (χ4v) is 3.82. The second-order valence-corrected chi connectivity index (χ2v) is 7.88. The van der Waals surface area contributed by atoms with Gasteiger partial charge >= 0.3 is 0 Å². The highest BCUT2D eigenvalue weighted by atomic mass is 32.2. The summed E-state index contributed by atoms with van der Waals surface area (Å²) in [6.45, 7) is 4.23. The summed E-state index contributed by atoms with van der Waals surface area (Å²) in [5.41, 5.74) is 8.00. The van der Waals surface area contributed by atoms with Crippen molar-refractivity contribution in [3.8, 4) is 11.5 Å². The van der Waals surface area contributed by atoms with Crippen molar-refractivity contribution in [1.82, 2.24) is 0 Å². The second-order valence-electron chi connectivity index (χ2n) is 6.66. The van der Waals surface area contributed by atoms with Gasteiger partial charge in [-0.3, -0.25) is 9.59 Å². The molecular formula is C22H24N4O4S. The average Bonchev–Trinajstić information content (AvgIpc) is 3.05. The summed E-state index contributed by atoms with van der Waals surface area (Å²) in [5, 5.41) is 7.62. The van der Waals surface area contributed by atoms with E-state index in [1.807, 2.05) is 31.2 Å². The van der Waals surface area contributed by atoms with Gasteiger partial charge in [0.05, 0.1) is 25.1 Å². The number of carbonyl (C=O) groups is 2. The molecule has 9 heteroatoms. The summed E-state index contributed by atoms with van der Waals surface area (Å²) in [7, 11) is 1.60. The van der Waals surface area contributed by atoms with E-state index in [0.717, 1.165) is 23.1 Å². The maximum atomic E-state index is 12.8. The lowest BCUT2D eigenvalue weighted by atomic mass is 10.1. The van der Waals surface area contributed by atoms with E-state index in [0.29, 0.717) is 23.8 Å². The molecule has 1 fully saturated rings. The summed E-state index contributed by atoms with van der Waals surface area (Å²) in [6, 6.07) is 14.2. The Morgan fingerprint density at radius 1 is 1.10 bits per heavy atom. The Kier molecular flexibility index (Phi) is 7.30. The molecular weight excluding hydrogens is 416 g/mol. The van der Waals surface area contributed by atoms with Crippen molar-refractivity contribution in [1.29, 1.82) is 0 Å². The van der Waals surface area contributed by atoms with Crippen LogP contribution in [0, 0.1) is 0 Å². The minimum atomic E-state index is -0.640. The Balaban J connectivity index is 1.66. The molecule has 2 aromatic carbocycles. The Morgan fingerprint density at radius 3 is 2.35 bits per heavy atom. The van der Waals surface area contributed by atoms with Crippen molar-refractivity contribution < 1.29 is 19.1 Å². The first-order valence-corrected chi connectivity index (χ1v) is 10.6. The number of rotatable bonds is 7. The summed E-state index contributed by atoms with van der Waals surface area (Å²) < 4.78 is 10.5. The molecule has 3 rings (SSSR count). The highest BCUT2D eigenvalue weighted by Gasteiger charge is 2.40. The lowest BCUT2D eigenvalue weighted by Gasteiger charge is -2.15. The highest BCUT2D eigenvalue weighted by molar-refractivity contribution is 8.14. The summed E-state index contributed by atoms with van der Waals surface area (Å²) in [6.07, 6.45) is 0.0497. The average molecular weight is 441 g/mol. The molecule has 2 aromatic rings. The number of amidine groups is 1. The van der Waals surface area contributed by atoms with E-state index in [9.17, 15) is 9.59 Å². The quantitative estimate of drug-likeness (QED) is 0.307. The zero-order chi connectivity index (χ0) is 22.4. The molecule has 8 nitrogen and oxygen atoms in total. The van der Waals surface area contributed by atoms with Crippen LogP contribution in [-0.2, 0) is 9.59 Å². The van der Waals surface area contributed by atoms with Crippen LogP contribution in [0.1, 0.15) is 25.8 Å². The molecule has 0 bridgehead atoms. The normalized spacial score (nSPS) is 17.3. The van der Waals surface area contributed by atoms with Crippen molar-refractivity contribution in [3.05, 3.63) is 54.1 Å². The molecule has 31 heavy (non-hydrogen) atoms. The minimum Gasteiger partial charge on any atom is -0.497 e. The van der Waals surface area contributed by atoms with Crippen LogP contribution in [0.25, 0.3) is 0 Å². The number of hydrogen-bond donors (Lipinski definition) is 1. The standard InChI is InChI=1S/C22H24N4O4S/c1-4-30-18-11-7-16(8-12-18)26-20(27)13-19(21(26)28)31-22(23)25-24-14(2)15-5-9-17(29-3)10-6-15/h5-12,19H,4,13H2,1-3H3,(H2,23,25)/b24-14+. The van der Waals surface area contributed by atoms with E-state index in [-0.39, 0.29) is 23.4 Å². The van der Waals surface area contributed by atoms with Crippen LogP contribution in [0.5, 0.6) is 11.5 Å². The smallest absolute Gasteiger partial charge is 0.247 e. The maximum absolute atomic E-state index is 12.8. The van der Waals surface area contributed by atoms with Gasteiger partial charge in [0.25, 0.3) is 0 Å². The number of ether oxygens (including phenoxy) is 2. The van der Waals surface area contributed by atoms with Gasteiger partial charge in [0.15, 0.2) is 5.17 Å². The van der Waals surface area contributed by atoms with E-state index in [2.05, 4.69) is 10.2 Å². The van der Waals surface area contributed by atoms with Gasteiger partial charge in [0.2, 0.25) is 11.8 Å². The van der Waals surface area contributed by atoms with Crippen LogP contribution in [0.2, 0.25) is 0 Å². The number of methoxy groups -OCH3 is 1. The number of hydrogen-bond acceptors (Lipinski definition) is 7. The molecule has 0 aromatic heterocycles. The molecule has 1 atom stereocenters. The molecule has 1 saturated heterocycles. The minimum absolute atomic E-state index is 0.0497. The zero-order valence-electron chi connectivity index (χ0n) is 17.6. The molecule has 1 aliphatic heterocycles. The first-order valence-electron chi connectivity index (χ1n) is 9.71. The molecule has 2 amide bonds. The van der Waals surface area contributed by atoms with E-state index < -0.39 is 5.25 Å². The maximum Gasteiger partial charge on any atom is 0.247 e. The van der Waals surface area contributed by atoms with Crippen molar-refractivity contribution >= 4 is 40.1 Å². The fourth-order valence-electron chi connectivity index (χ4n) is 3.01. The molecule has 1 unspecified atom stereocenters. The van der Waals surface area contributed by atoms with Crippen molar-refractivity contribution in [2.75, 3.05) is 18.6 Å². The van der Waals surface area contributed by atoms with Crippen molar-refractivity contribution in [3.63, 3.8) is 0 Å². The summed E-state index contributed by atoms with van der Waals surface area (Å²) >= 11 is 1.04. The Bertz CT molecular complexity index is 1000. The Morgan fingerprint density at radius 2 is 1.74 bits per heavy atom. The van der Waals surface area contributed by atoms with Gasteiger partial charge in [-0.25, -0.2) is 4.90 Å². The molecule has 1 aliphatic rings. The van der Waals surface area contributed by atoms with E-state index in [4.69, 9.17) is 15.2 Å². The number of carbonyl (C=O) groups excluding carboxylic acids is 2. The van der Waals surface area contributed by atoms with Gasteiger partial charge in [0, 0.05) is 6.42 Å². The fraction of sp³-hybridized carbons (Fsp3) is 0.273. The number of imide groups is 1. The molecule has 0 saturated carbocycles. The van der Waals surface area contributed by atoms with Gasteiger partial charge in [-0.15, -0.1) is 5.10 Å². The highest BCUT2D eigenvalue weighted by Crippen LogP contribution is 2.30. The molecule has 162 valence electrons. The lowest BCUT2D eigenvalue weighted by Crippen LogP contribution is -2.31. The number of benzene rings is 2. The third-order valence-corrected chi connectivity index (χ3v) is 5.56. The number of nitrogens with zero attached hydrogens (tertiary/aromatic N) is 3. The third-order valence-electron chi connectivity index (χ3n) is 4.58. The monoisotopic (exact) mass is 440 g/mol. The first-order chi connectivity index (χ1) is 14.9. The van der Waals surface area contributed by atoms with Gasteiger partial charge in [-0.05, 0) is 67.9 Å². The first kappa shape index (κ1) is 22.4. The number of amides is 2. The third kappa shape index (κ3) is 5.43. The molecule has 0 aliphatic carbocycles. The van der Waals surface area contributed by atoms with Crippen LogP contribution in [0.3, 0.4) is 0 Å². The van der Waals surface area contributed by atoms with E-state index in [1.54, 1.807) is 38.3 Å². The second kappa shape index (κ2) is 10.1. The molecule has 2 N–H and O–H groups in total. The van der Waals surface area contributed by atoms with Crippen LogP contribution in [-0.4, -0.2) is 41.7 Å². The van der Waals surface area contributed by atoms with E-state index >= 15 is 0 Å². The van der Waals surface area contributed by atoms with Gasteiger partial charge in [-0.1, -0.05) is 11.8 Å². The molecule has 0 spiro atoms. The Labute approximate surface area is 185 Å². The predicted molar refractivity (Wildman–Crippen MR) is 123 cm³/mol. The summed E-state index contributed by atoms with van der Waals surface area (Å²) in [5.74, 6) is 0.819. The van der Waals surface area contributed by atoms with Crippen LogP contribution in [0.15, 0.2) is 58.7 Å². The van der Waals surface area contributed by atoms with Crippen molar-refractivity contribution in [2.24, 2.45) is 15.9 Å². The number of thioether (sulfide) groups is 1. The van der Waals surface area contributed by atoms with Crippen LogP contribution < -0.4 is 20.1 Å². The largest absolute Gasteiger partial charge is 0.497 e. The predicted octanol–water partition coefficient (Wildman–Crippen LogP) is 3.20. The van der Waals surface area contributed by atoms with Crippen LogP contribution in [0.4, 0.5) is 5.69 Å². The zero-order valence-corrected chi connectivity index (χ0v) is 18.4. The number of anilines is 1.